The topological polar surface area (TPSA) is 63.9 Å². The van der Waals surface area contributed by atoms with E-state index in [1.165, 1.54) is 0 Å². The molecule has 22 heavy (non-hydrogen) atoms. The van der Waals surface area contributed by atoms with Gasteiger partial charge in [-0.2, -0.15) is 5.10 Å². The SMILES string of the molecule is Cc1ccnc(C2CCN(C(=O)CCn3nccc3C)C2)n1. The van der Waals surface area contributed by atoms with Gasteiger partial charge >= 0.3 is 0 Å². The Morgan fingerprint density at radius 1 is 1.32 bits per heavy atom. The molecule has 6 nitrogen and oxygen atoms in total. The molecule has 1 atom stereocenters. The van der Waals surface area contributed by atoms with E-state index in [9.17, 15) is 4.79 Å². The number of carbonyl (C=O) groups excluding carboxylic acids is 1. The number of aryl methyl sites for hydroxylation is 3. The molecule has 0 radical (unpaired) electrons. The molecule has 0 spiro atoms. The molecule has 0 aromatic carbocycles. The maximum atomic E-state index is 12.3. The van der Waals surface area contributed by atoms with Crippen molar-refractivity contribution in [2.24, 2.45) is 0 Å². The minimum Gasteiger partial charge on any atom is -0.342 e. The molecule has 1 aliphatic rings. The van der Waals surface area contributed by atoms with Crippen LogP contribution in [0.1, 0.15) is 36.0 Å². The Hall–Kier alpha value is -2.24. The zero-order chi connectivity index (χ0) is 15.5. The number of rotatable bonds is 4. The van der Waals surface area contributed by atoms with E-state index in [0.717, 1.165) is 36.7 Å². The summed E-state index contributed by atoms with van der Waals surface area (Å²) in [5.74, 6) is 1.30. The highest BCUT2D eigenvalue weighted by Gasteiger charge is 2.28. The summed E-state index contributed by atoms with van der Waals surface area (Å²) in [5, 5.41) is 4.21. The normalized spacial score (nSPS) is 17.9. The summed E-state index contributed by atoms with van der Waals surface area (Å²) in [7, 11) is 0. The molecule has 1 amide bonds. The second kappa shape index (κ2) is 6.25. The number of hydrogen-bond donors (Lipinski definition) is 0. The van der Waals surface area contributed by atoms with Gasteiger partial charge in [0.15, 0.2) is 0 Å². The lowest BCUT2D eigenvalue weighted by Gasteiger charge is -2.16. The molecule has 116 valence electrons. The van der Waals surface area contributed by atoms with Crippen LogP contribution in [-0.4, -0.2) is 43.6 Å². The molecule has 2 aromatic heterocycles. The zero-order valence-corrected chi connectivity index (χ0v) is 13.1. The molecule has 6 heteroatoms. The van der Waals surface area contributed by atoms with Crippen molar-refractivity contribution in [3.8, 4) is 0 Å². The number of hydrogen-bond acceptors (Lipinski definition) is 4. The Morgan fingerprint density at radius 3 is 2.91 bits per heavy atom. The Balaban J connectivity index is 1.56. The third-order valence-electron chi connectivity index (χ3n) is 4.19. The van der Waals surface area contributed by atoms with Gasteiger partial charge in [-0.25, -0.2) is 9.97 Å². The van der Waals surface area contributed by atoms with Gasteiger partial charge in [-0.1, -0.05) is 0 Å². The summed E-state index contributed by atoms with van der Waals surface area (Å²) >= 11 is 0. The van der Waals surface area contributed by atoms with E-state index in [4.69, 9.17) is 0 Å². The van der Waals surface area contributed by atoms with E-state index in [1.807, 2.05) is 35.6 Å². The number of aromatic nitrogens is 4. The standard InChI is InChI=1S/C16H21N5O/c1-12-3-7-17-16(19-12)14-5-9-20(11-14)15(22)6-10-21-13(2)4-8-18-21/h3-4,7-8,14H,5-6,9-11H2,1-2H3. The smallest absolute Gasteiger partial charge is 0.224 e. The molecule has 1 saturated heterocycles. The van der Waals surface area contributed by atoms with Crippen LogP contribution in [0.15, 0.2) is 24.5 Å². The van der Waals surface area contributed by atoms with Gasteiger partial charge in [0.2, 0.25) is 5.91 Å². The molecule has 2 aromatic rings. The van der Waals surface area contributed by atoms with Crippen LogP contribution in [0.4, 0.5) is 0 Å². The molecule has 0 bridgehead atoms. The second-order valence-corrected chi connectivity index (χ2v) is 5.83. The van der Waals surface area contributed by atoms with Gasteiger partial charge in [0.25, 0.3) is 0 Å². The summed E-state index contributed by atoms with van der Waals surface area (Å²) in [6.45, 7) is 6.12. The molecule has 1 fully saturated rings. The number of carbonyl (C=O) groups is 1. The monoisotopic (exact) mass is 299 g/mol. The van der Waals surface area contributed by atoms with E-state index in [-0.39, 0.29) is 11.8 Å². The van der Waals surface area contributed by atoms with Gasteiger partial charge in [-0.05, 0) is 32.4 Å². The molecule has 3 heterocycles. The van der Waals surface area contributed by atoms with Gasteiger partial charge in [-0.15, -0.1) is 0 Å². The van der Waals surface area contributed by atoms with Crippen molar-refractivity contribution in [1.29, 1.82) is 0 Å². The number of amides is 1. The largest absolute Gasteiger partial charge is 0.342 e. The van der Waals surface area contributed by atoms with Crippen LogP contribution in [0.25, 0.3) is 0 Å². The maximum Gasteiger partial charge on any atom is 0.224 e. The van der Waals surface area contributed by atoms with Gasteiger partial charge in [-0.3, -0.25) is 9.48 Å². The Morgan fingerprint density at radius 2 is 2.18 bits per heavy atom. The minimum atomic E-state index is 0.185. The fourth-order valence-electron chi connectivity index (χ4n) is 2.86. The van der Waals surface area contributed by atoms with E-state index < -0.39 is 0 Å². The molecule has 1 aliphatic heterocycles. The summed E-state index contributed by atoms with van der Waals surface area (Å²) in [6.07, 6.45) is 4.99. The van der Waals surface area contributed by atoms with Crippen molar-refractivity contribution in [3.63, 3.8) is 0 Å². The van der Waals surface area contributed by atoms with E-state index >= 15 is 0 Å². The molecule has 0 aliphatic carbocycles. The van der Waals surface area contributed by atoms with Crippen LogP contribution in [-0.2, 0) is 11.3 Å². The predicted molar refractivity (Wildman–Crippen MR) is 82.3 cm³/mol. The molecular formula is C16H21N5O. The quantitative estimate of drug-likeness (QED) is 0.862. The third kappa shape index (κ3) is 3.16. The number of likely N-dealkylation sites (tertiary alicyclic amines) is 1. The van der Waals surface area contributed by atoms with E-state index in [0.29, 0.717) is 13.0 Å². The van der Waals surface area contributed by atoms with E-state index in [1.54, 1.807) is 12.4 Å². The highest BCUT2D eigenvalue weighted by Crippen LogP contribution is 2.25. The van der Waals surface area contributed by atoms with Crippen molar-refractivity contribution < 1.29 is 4.79 Å². The summed E-state index contributed by atoms with van der Waals surface area (Å²) in [6, 6.07) is 3.85. The third-order valence-corrected chi connectivity index (χ3v) is 4.19. The summed E-state index contributed by atoms with van der Waals surface area (Å²) in [5.41, 5.74) is 2.06. The highest BCUT2D eigenvalue weighted by atomic mass is 16.2. The lowest BCUT2D eigenvalue weighted by Crippen LogP contribution is -2.29. The van der Waals surface area contributed by atoms with Crippen LogP contribution < -0.4 is 0 Å². The Bertz CT molecular complexity index is 666. The van der Waals surface area contributed by atoms with Crippen molar-refractivity contribution in [3.05, 3.63) is 41.7 Å². The Labute approximate surface area is 130 Å². The fraction of sp³-hybridized carbons (Fsp3) is 0.500. The first kappa shape index (κ1) is 14.7. The van der Waals surface area contributed by atoms with Crippen LogP contribution in [0.3, 0.4) is 0 Å². The average Bonchev–Trinajstić information content (AvgIpc) is 3.14. The molecule has 1 unspecified atom stereocenters. The van der Waals surface area contributed by atoms with Crippen molar-refractivity contribution in [1.82, 2.24) is 24.6 Å². The molecular weight excluding hydrogens is 278 g/mol. The van der Waals surface area contributed by atoms with Crippen molar-refractivity contribution in [2.75, 3.05) is 13.1 Å². The van der Waals surface area contributed by atoms with Gasteiger partial charge in [0.05, 0.1) is 0 Å². The second-order valence-electron chi connectivity index (χ2n) is 5.83. The number of nitrogens with zero attached hydrogens (tertiary/aromatic N) is 5. The lowest BCUT2D eigenvalue weighted by atomic mass is 10.1. The van der Waals surface area contributed by atoms with Crippen LogP contribution >= 0.6 is 0 Å². The first-order valence-electron chi connectivity index (χ1n) is 7.69. The summed E-state index contributed by atoms with van der Waals surface area (Å²) in [4.78, 5) is 23.1. The van der Waals surface area contributed by atoms with Crippen molar-refractivity contribution in [2.45, 2.75) is 39.2 Å². The van der Waals surface area contributed by atoms with Crippen LogP contribution in [0.5, 0.6) is 0 Å². The zero-order valence-electron chi connectivity index (χ0n) is 13.1. The highest BCUT2D eigenvalue weighted by molar-refractivity contribution is 5.76. The first-order chi connectivity index (χ1) is 10.6. The average molecular weight is 299 g/mol. The lowest BCUT2D eigenvalue weighted by molar-refractivity contribution is -0.130. The van der Waals surface area contributed by atoms with Crippen LogP contribution in [0, 0.1) is 13.8 Å². The van der Waals surface area contributed by atoms with Crippen LogP contribution in [0.2, 0.25) is 0 Å². The van der Waals surface area contributed by atoms with Crippen molar-refractivity contribution >= 4 is 5.91 Å². The maximum absolute atomic E-state index is 12.3. The van der Waals surface area contributed by atoms with E-state index in [2.05, 4.69) is 15.1 Å². The summed E-state index contributed by atoms with van der Waals surface area (Å²) < 4.78 is 1.87. The first-order valence-corrected chi connectivity index (χ1v) is 7.69. The van der Waals surface area contributed by atoms with Gasteiger partial charge in [0, 0.05) is 55.8 Å². The fourth-order valence-corrected chi connectivity index (χ4v) is 2.86. The van der Waals surface area contributed by atoms with Gasteiger partial charge in [0.1, 0.15) is 5.82 Å². The molecule has 3 rings (SSSR count). The molecule has 0 N–H and O–H groups in total. The molecule has 0 saturated carbocycles. The predicted octanol–water partition coefficient (Wildman–Crippen LogP) is 1.70. The van der Waals surface area contributed by atoms with Gasteiger partial charge < -0.3 is 4.90 Å². The minimum absolute atomic E-state index is 0.185. The Kier molecular flexibility index (Phi) is 4.18.